The second-order valence-electron chi connectivity index (χ2n) is 7.57. The lowest BCUT2D eigenvalue weighted by molar-refractivity contribution is -0.130. The number of hydrogen-bond acceptors (Lipinski definition) is 4. The van der Waals surface area contributed by atoms with Crippen molar-refractivity contribution in [3.8, 4) is 0 Å². The van der Waals surface area contributed by atoms with Gasteiger partial charge in [-0.2, -0.15) is 0 Å². The van der Waals surface area contributed by atoms with Gasteiger partial charge in [-0.25, -0.2) is 0 Å². The Hall–Kier alpha value is -3.19. The van der Waals surface area contributed by atoms with Crippen LogP contribution < -0.4 is 5.32 Å². The van der Waals surface area contributed by atoms with Crippen LogP contribution in [-0.2, 0) is 9.59 Å². The van der Waals surface area contributed by atoms with Gasteiger partial charge in [0, 0.05) is 61.6 Å². The molecular weight excluding hydrogens is 410 g/mol. The molecule has 0 aliphatic carbocycles. The third-order valence-corrected chi connectivity index (χ3v) is 6.44. The number of ketones is 1. The number of hydrogen-bond donors (Lipinski definition) is 2. The van der Waals surface area contributed by atoms with Crippen LogP contribution >= 0.6 is 11.3 Å². The zero-order chi connectivity index (χ0) is 21.6. The van der Waals surface area contributed by atoms with Crippen LogP contribution in [0, 0.1) is 0 Å². The van der Waals surface area contributed by atoms with E-state index >= 15 is 0 Å². The monoisotopic (exact) mass is 435 g/mol. The summed E-state index contributed by atoms with van der Waals surface area (Å²) in [7, 11) is 0. The molecule has 4 rings (SSSR count). The quantitative estimate of drug-likeness (QED) is 0.525. The molecule has 0 saturated carbocycles. The summed E-state index contributed by atoms with van der Waals surface area (Å²) in [5, 5.41) is 5.80. The lowest BCUT2D eigenvalue weighted by atomic mass is 9.99. The number of amides is 2. The van der Waals surface area contributed by atoms with E-state index in [9.17, 15) is 14.4 Å². The summed E-state index contributed by atoms with van der Waals surface area (Å²) in [6.07, 6.45) is 5.56. The standard InChI is InChI=1S/C24H25N3O3S/c28-21(22-6-3-15-31-22)7-8-23(29)25-12-9-24(30)27-13-10-17(11-14-27)19-16-26-20-5-2-1-4-18(19)20/h1-6,10,15-16,26H,7-9,11-14H2,(H,25,29). The lowest BCUT2D eigenvalue weighted by Crippen LogP contribution is -2.37. The first-order chi connectivity index (χ1) is 15.1. The Morgan fingerprint density at radius 2 is 1.94 bits per heavy atom. The zero-order valence-corrected chi connectivity index (χ0v) is 18.0. The van der Waals surface area contributed by atoms with Gasteiger partial charge in [0.2, 0.25) is 11.8 Å². The van der Waals surface area contributed by atoms with E-state index in [4.69, 9.17) is 0 Å². The van der Waals surface area contributed by atoms with Gasteiger partial charge in [0.1, 0.15) is 0 Å². The molecule has 2 aromatic heterocycles. The summed E-state index contributed by atoms with van der Waals surface area (Å²) in [6.45, 7) is 1.55. The van der Waals surface area contributed by atoms with Gasteiger partial charge in [0.15, 0.2) is 5.78 Å². The highest BCUT2D eigenvalue weighted by Gasteiger charge is 2.19. The van der Waals surface area contributed by atoms with E-state index in [1.54, 1.807) is 6.07 Å². The topological polar surface area (TPSA) is 82.3 Å². The molecule has 3 aromatic rings. The summed E-state index contributed by atoms with van der Waals surface area (Å²) >= 11 is 1.38. The normalized spacial score (nSPS) is 13.8. The predicted octanol–water partition coefficient (Wildman–Crippen LogP) is 4.01. The maximum Gasteiger partial charge on any atom is 0.224 e. The minimum atomic E-state index is -0.196. The molecule has 160 valence electrons. The van der Waals surface area contributed by atoms with Crippen LogP contribution in [0.1, 0.15) is 40.9 Å². The third kappa shape index (κ3) is 5.11. The van der Waals surface area contributed by atoms with Crippen LogP contribution in [0.15, 0.2) is 54.1 Å². The molecule has 6 nitrogen and oxygen atoms in total. The Morgan fingerprint density at radius 3 is 2.71 bits per heavy atom. The molecular formula is C24H25N3O3S. The summed E-state index contributed by atoms with van der Waals surface area (Å²) in [6, 6.07) is 11.8. The molecule has 0 radical (unpaired) electrons. The molecule has 1 aromatic carbocycles. The zero-order valence-electron chi connectivity index (χ0n) is 17.2. The van der Waals surface area contributed by atoms with Crippen molar-refractivity contribution in [1.29, 1.82) is 0 Å². The molecule has 7 heteroatoms. The van der Waals surface area contributed by atoms with E-state index in [-0.39, 0.29) is 36.9 Å². The van der Waals surface area contributed by atoms with Crippen molar-refractivity contribution in [3.63, 3.8) is 0 Å². The molecule has 3 heterocycles. The van der Waals surface area contributed by atoms with Gasteiger partial charge in [0.25, 0.3) is 0 Å². The number of carbonyl (C=O) groups excluding carboxylic acids is 3. The molecule has 0 atom stereocenters. The van der Waals surface area contributed by atoms with Crippen LogP contribution in [0.3, 0.4) is 0 Å². The fourth-order valence-corrected chi connectivity index (χ4v) is 4.51. The van der Waals surface area contributed by atoms with Gasteiger partial charge in [-0.1, -0.05) is 30.3 Å². The number of nitrogens with zero attached hydrogens (tertiary/aromatic N) is 1. The minimum absolute atomic E-state index is 0.0210. The van der Waals surface area contributed by atoms with Crippen molar-refractivity contribution in [3.05, 3.63) is 64.5 Å². The second-order valence-corrected chi connectivity index (χ2v) is 8.52. The molecule has 1 aliphatic heterocycles. The van der Waals surface area contributed by atoms with Crippen LogP contribution in [0.2, 0.25) is 0 Å². The fourth-order valence-electron chi connectivity index (χ4n) is 3.82. The van der Waals surface area contributed by atoms with Crippen molar-refractivity contribution in [2.45, 2.75) is 25.7 Å². The second kappa shape index (κ2) is 9.75. The summed E-state index contributed by atoms with van der Waals surface area (Å²) < 4.78 is 0. The van der Waals surface area contributed by atoms with E-state index in [1.807, 2.05) is 34.7 Å². The Balaban J connectivity index is 1.20. The molecule has 0 saturated heterocycles. The largest absolute Gasteiger partial charge is 0.361 e. The lowest BCUT2D eigenvalue weighted by Gasteiger charge is -2.26. The molecule has 0 spiro atoms. The van der Waals surface area contributed by atoms with E-state index in [0.717, 1.165) is 11.9 Å². The number of rotatable bonds is 8. The van der Waals surface area contributed by atoms with Crippen LogP contribution in [-0.4, -0.2) is 47.1 Å². The SMILES string of the molecule is O=C(CCC(=O)c1cccs1)NCCC(=O)N1CC=C(c2c[nH]c3ccccc23)CC1. The van der Waals surface area contributed by atoms with Gasteiger partial charge in [-0.05, 0) is 29.5 Å². The van der Waals surface area contributed by atoms with Crippen LogP contribution in [0.5, 0.6) is 0 Å². The van der Waals surface area contributed by atoms with Crippen molar-refractivity contribution >= 4 is 45.4 Å². The van der Waals surface area contributed by atoms with E-state index in [1.165, 1.54) is 27.9 Å². The summed E-state index contributed by atoms with van der Waals surface area (Å²) in [5.41, 5.74) is 3.57. The Kier molecular flexibility index (Phi) is 6.62. The number of benzene rings is 1. The van der Waals surface area contributed by atoms with E-state index < -0.39 is 0 Å². The molecule has 1 aliphatic rings. The Bertz CT molecular complexity index is 1110. The number of carbonyl (C=O) groups is 3. The summed E-state index contributed by atoms with van der Waals surface area (Å²) in [4.78, 5) is 42.2. The molecule has 2 amide bonds. The first-order valence-corrected chi connectivity index (χ1v) is 11.4. The number of H-pyrrole nitrogens is 1. The molecule has 2 N–H and O–H groups in total. The van der Waals surface area contributed by atoms with Gasteiger partial charge < -0.3 is 15.2 Å². The highest BCUT2D eigenvalue weighted by Crippen LogP contribution is 2.29. The first-order valence-electron chi connectivity index (χ1n) is 10.5. The van der Waals surface area contributed by atoms with Crippen molar-refractivity contribution in [2.24, 2.45) is 0 Å². The van der Waals surface area contributed by atoms with Gasteiger partial charge in [0.05, 0.1) is 4.88 Å². The Morgan fingerprint density at radius 1 is 1.06 bits per heavy atom. The molecule has 0 unspecified atom stereocenters. The maximum atomic E-state index is 12.5. The van der Waals surface area contributed by atoms with E-state index in [2.05, 4.69) is 28.5 Å². The van der Waals surface area contributed by atoms with Gasteiger partial charge >= 0.3 is 0 Å². The number of fused-ring (bicyclic) bond motifs is 1. The molecule has 0 bridgehead atoms. The number of aromatic amines is 1. The number of Topliss-reactive ketones (excluding diaryl/α,β-unsaturated/α-hetero) is 1. The number of thiophene rings is 1. The van der Waals surface area contributed by atoms with Crippen molar-refractivity contribution in [2.75, 3.05) is 19.6 Å². The molecule has 31 heavy (non-hydrogen) atoms. The number of aromatic nitrogens is 1. The van der Waals surface area contributed by atoms with E-state index in [0.29, 0.717) is 24.5 Å². The highest BCUT2D eigenvalue weighted by atomic mass is 32.1. The molecule has 0 fully saturated rings. The van der Waals surface area contributed by atoms with Crippen molar-refractivity contribution < 1.29 is 14.4 Å². The Labute approximate surface area is 184 Å². The maximum absolute atomic E-state index is 12.5. The number of nitrogens with one attached hydrogen (secondary N) is 2. The van der Waals surface area contributed by atoms with Crippen LogP contribution in [0.25, 0.3) is 16.5 Å². The van der Waals surface area contributed by atoms with Crippen molar-refractivity contribution in [1.82, 2.24) is 15.2 Å². The average Bonchev–Trinajstić information content (AvgIpc) is 3.48. The summed E-state index contributed by atoms with van der Waals surface area (Å²) in [5.74, 6) is -0.186. The minimum Gasteiger partial charge on any atom is -0.361 e. The van der Waals surface area contributed by atoms with Crippen LogP contribution in [0.4, 0.5) is 0 Å². The third-order valence-electron chi connectivity index (χ3n) is 5.53. The smallest absolute Gasteiger partial charge is 0.224 e. The fraction of sp³-hybridized carbons (Fsp3) is 0.292. The van der Waals surface area contributed by atoms with Gasteiger partial charge in [-0.15, -0.1) is 11.3 Å². The average molecular weight is 436 g/mol. The number of para-hydroxylation sites is 1. The predicted molar refractivity (Wildman–Crippen MR) is 123 cm³/mol. The van der Waals surface area contributed by atoms with Gasteiger partial charge in [-0.3, -0.25) is 14.4 Å². The first kappa shape index (κ1) is 21.1. The highest BCUT2D eigenvalue weighted by molar-refractivity contribution is 7.12.